The summed E-state index contributed by atoms with van der Waals surface area (Å²) >= 11 is 0. The molecule has 1 saturated heterocycles. The van der Waals surface area contributed by atoms with E-state index in [0.29, 0.717) is 0 Å². The summed E-state index contributed by atoms with van der Waals surface area (Å²) < 4.78 is 22.8. The molecule has 27 heavy (non-hydrogen) atoms. The minimum Gasteiger partial charge on any atom is -0.387 e. The van der Waals surface area contributed by atoms with Crippen LogP contribution in [0.3, 0.4) is 0 Å². The molecule has 6 N–H and O–H groups in total. The zero-order valence-electron chi connectivity index (χ0n) is 14.3. The maximum absolute atomic E-state index is 11.9. The fraction of sp³-hybridized carbons (Fsp3) is 0.462. The van der Waals surface area contributed by atoms with Gasteiger partial charge in [-0.2, -0.15) is 4.98 Å². The Hall–Kier alpha value is -2.57. The number of imidazole rings is 1. The predicted molar refractivity (Wildman–Crippen MR) is 91.2 cm³/mol. The first-order valence-electron chi connectivity index (χ1n) is 7.65. The second-order valence-electron chi connectivity index (χ2n) is 6.03. The Labute approximate surface area is 152 Å². The van der Waals surface area contributed by atoms with Crippen molar-refractivity contribution >= 4 is 25.4 Å². The third kappa shape index (κ3) is 3.63. The predicted octanol–water partition coefficient (Wildman–Crippen LogP) is -1.61. The maximum Gasteiger partial charge on any atom is 0.747 e. The second-order valence-corrected chi connectivity index (χ2v) is 6.69. The van der Waals surface area contributed by atoms with Gasteiger partial charge in [0.2, 0.25) is 11.7 Å². The van der Waals surface area contributed by atoms with Crippen molar-refractivity contribution in [2.45, 2.75) is 24.5 Å². The summed E-state index contributed by atoms with van der Waals surface area (Å²) in [7, 11) is 0.233. The van der Waals surface area contributed by atoms with Crippen LogP contribution in [0.25, 0.3) is 11.2 Å². The maximum atomic E-state index is 11.9. The number of aromatic nitrogens is 4. The number of H-pyrrole nitrogens is 1. The fourth-order valence-electron chi connectivity index (χ4n) is 2.75. The average Bonchev–Trinajstić information content (AvgIpc) is 3.08. The van der Waals surface area contributed by atoms with Gasteiger partial charge in [-0.1, -0.05) is 0 Å². The SMILES string of the molecule is CN(C)C=C(O[P+](=O)O)[C@H]1O[C@@H](n2cnc3c(=O)[nH]c(N)nc32)[C@H](O)[C@@H]1O. The number of fused-ring (bicyclic) bond motifs is 1. The van der Waals surface area contributed by atoms with Crippen LogP contribution >= 0.6 is 8.25 Å². The molecule has 0 aliphatic carbocycles. The number of rotatable bonds is 5. The van der Waals surface area contributed by atoms with E-state index >= 15 is 0 Å². The molecule has 0 amide bonds. The molecule has 0 aromatic carbocycles. The molecular weight excluding hydrogens is 383 g/mol. The van der Waals surface area contributed by atoms with E-state index in [-0.39, 0.29) is 22.9 Å². The van der Waals surface area contributed by atoms with Crippen LogP contribution in [-0.2, 0) is 13.8 Å². The van der Waals surface area contributed by atoms with Gasteiger partial charge >= 0.3 is 8.25 Å². The van der Waals surface area contributed by atoms with Crippen molar-refractivity contribution in [3.05, 3.63) is 28.6 Å². The number of anilines is 1. The van der Waals surface area contributed by atoms with Crippen molar-refractivity contribution in [3.8, 4) is 0 Å². The second kappa shape index (κ2) is 7.21. The standard InChI is InChI=1S/C13H17N6O7P/c1-18(2)3-5(26-27(23)24)9-7(20)8(21)12(25-9)19-4-15-6-10(19)16-13(14)17-11(6)22/h3-4,7-9,12,20-21H,1-2H3,(H3-,14,16,17,22,23,24)/p+1/t7-,8+,9+,12+/m0/s1. The van der Waals surface area contributed by atoms with Gasteiger partial charge in [0.25, 0.3) is 5.56 Å². The van der Waals surface area contributed by atoms with Crippen LogP contribution in [0.15, 0.2) is 23.1 Å². The van der Waals surface area contributed by atoms with Crippen molar-refractivity contribution in [2.75, 3.05) is 19.8 Å². The lowest BCUT2D eigenvalue weighted by atomic mass is 10.1. The molecule has 1 fully saturated rings. The first kappa shape index (κ1) is 19.2. The summed E-state index contributed by atoms with van der Waals surface area (Å²) in [6.45, 7) is 0. The molecule has 0 spiro atoms. The van der Waals surface area contributed by atoms with E-state index in [1.54, 1.807) is 14.1 Å². The van der Waals surface area contributed by atoms with E-state index in [2.05, 4.69) is 15.0 Å². The van der Waals surface area contributed by atoms with E-state index in [1.807, 2.05) is 0 Å². The van der Waals surface area contributed by atoms with Crippen molar-refractivity contribution in [2.24, 2.45) is 0 Å². The number of hydrogen-bond donors (Lipinski definition) is 5. The highest BCUT2D eigenvalue weighted by Gasteiger charge is 2.48. The highest BCUT2D eigenvalue weighted by molar-refractivity contribution is 7.32. The highest BCUT2D eigenvalue weighted by atomic mass is 31.1. The van der Waals surface area contributed by atoms with E-state index in [9.17, 15) is 19.6 Å². The van der Waals surface area contributed by atoms with Gasteiger partial charge in [0.05, 0.1) is 6.33 Å². The molecule has 1 unspecified atom stereocenters. The van der Waals surface area contributed by atoms with Gasteiger partial charge in [0, 0.05) is 24.9 Å². The first-order valence-corrected chi connectivity index (χ1v) is 8.78. The van der Waals surface area contributed by atoms with Gasteiger partial charge in [-0.25, -0.2) is 9.51 Å². The molecule has 5 atom stereocenters. The van der Waals surface area contributed by atoms with Crippen molar-refractivity contribution in [1.82, 2.24) is 24.4 Å². The average molecular weight is 401 g/mol. The van der Waals surface area contributed by atoms with Crippen LogP contribution in [0, 0.1) is 0 Å². The zero-order chi connectivity index (χ0) is 19.9. The number of ether oxygens (including phenoxy) is 1. The van der Waals surface area contributed by atoms with Crippen LogP contribution in [-0.4, -0.2) is 71.9 Å². The summed E-state index contributed by atoms with van der Waals surface area (Å²) in [5, 5.41) is 20.8. The van der Waals surface area contributed by atoms with Gasteiger partial charge in [-0.3, -0.25) is 14.3 Å². The van der Waals surface area contributed by atoms with Crippen molar-refractivity contribution in [1.29, 1.82) is 0 Å². The Morgan fingerprint density at radius 1 is 1.48 bits per heavy atom. The van der Waals surface area contributed by atoms with E-state index < -0.39 is 38.4 Å². The third-order valence-electron chi connectivity index (χ3n) is 3.81. The molecule has 2 aromatic heterocycles. The Kier molecular flexibility index (Phi) is 5.13. The molecule has 146 valence electrons. The molecule has 1 aliphatic rings. The smallest absolute Gasteiger partial charge is 0.387 e. The van der Waals surface area contributed by atoms with Gasteiger partial charge < -0.3 is 25.6 Å². The molecule has 1 aliphatic heterocycles. The molecule has 0 saturated carbocycles. The van der Waals surface area contributed by atoms with Gasteiger partial charge in [0.15, 0.2) is 23.5 Å². The lowest BCUT2D eigenvalue weighted by Gasteiger charge is -2.16. The monoisotopic (exact) mass is 401 g/mol. The molecule has 0 radical (unpaired) electrons. The Morgan fingerprint density at radius 3 is 2.81 bits per heavy atom. The molecule has 14 heteroatoms. The number of aliphatic hydroxyl groups is 2. The highest BCUT2D eigenvalue weighted by Crippen LogP contribution is 2.37. The number of hydrogen-bond acceptors (Lipinski definition) is 10. The summed E-state index contributed by atoms with van der Waals surface area (Å²) in [5.74, 6) is -0.319. The lowest BCUT2D eigenvalue weighted by molar-refractivity contribution is -0.0332. The van der Waals surface area contributed by atoms with Crippen molar-refractivity contribution < 1.29 is 28.9 Å². The lowest BCUT2D eigenvalue weighted by Crippen LogP contribution is -2.33. The minimum atomic E-state index is -3.03. The number of aliphatic hydroxyl groups excluding tert-OH is 2. The van der Waals surface area contributed by atoms with Crippen LogP contribution < -0.4 is 11.3 Å². The molecule has 13 nitrogen and oxygen atoms in total. The molecule has 2 aromatic rings. The Balaban J connectivity index is 2.00. The number of nitrogens with one attached hydrogen (secondary N) is 1. The van der Waals surface area contributed by atoms with Crippen LogP contribution in [0.5, 0.6) is 0 Å². The van der Waals surface area contributed by atoms with Crippen LogP contribution in [0.1, 0.15) is 6.23 Å². The van der Waals surface area contributed by atoms with E-state index in [4.69, 9.17) is 19.9 Å². The summed E-state index contributed by atoms with van der Waals surface area (Å²) in [4.78, 5) is 32.6. The summed E-state index contributed by atoms with van der Waals surface area (Å²) in [6.07, 6.45) is -2.88. The topological polar surface area (TPSA) is 189 Å². The van der Waals surface area contributed by atoms with Gasteiger partial charge in [-0.15, -0.1) is 4.89 Å². The van der Waals surface area contributed by atoms with E-state index in [0.717, 1.165) is 0 Å². The van der Waals surface area contributed by atoms with Gasteiger partial charge in [0.1, 0.15) is 12.2 Å². The molecular formula is C13H18N6O7P+. The number of nitrogen functional groups attached to an aromatic ring is 1. The fourth-order valence-corrected chi connectivity index (χ4v) is 3.08. The largest absolute Gasteiger partial charge is 0.747 e. The summed E-state index contributed by atoms with van der Waals surface area (Å²) in [6, 6.07) is 0. The van der Waals surface area contributed by atoms with Crippen LogP contribution in [0.4, 0.5) is 5.95 Å². The minimum absolute atomic E-state index is 0.0308. The van der Waals surface area contributed by atoms with E-state index in [1.165, 1.54) is 22.0 Å². The zero-order valence-corrected chi connectivity index (χ0v) is 15.1. The molecule has 0 bridgehead atoms. The normalized spacial score (nSPS) is 26.4. The quantitative estimate of drug-likeness (QED) is 0.286. The summed E-state index contributed by atoms with van der Waals surface area (Å²) in [5.41, 5.74) is 4.98. The first-order chi connectivity index (χ1) is 12.7. The van der Waals surface area contributed by atoms with Crippen molar-refractivity contribution in [3.63, 3.8) is 0 Å². The third-order valence-corrected chi connectivity index (χ3v) is 4.18. The molecule has 3 rings (SSSR count). The molecule has 3 heterocycles. The number of aromatic amines is 1. The Morgan fingerprint density at radius 2 is 2.19 bits per heavy atom. The van der Waals surface area contributed by atoms with Crippen LogP contribution in [0.2, 0.25) is 0 Å². The van der Waals surface area contributed by atoms with Gasteiger partial charge in [-0.05, 0) is 0 Å². The Bertz CT molecular complexity index is 956. The number of nitrogens with two attached hydrogens (primary N) is 1. The number of nitrogens with zero attached hydrogens (tertiary/aromatic N) is 4.